The van der Waals surface area contributed by atoms with Crippen molar-refractivity contribution in [2.45, 2.75) is 40.2 Å². The maximum Gasteiger partial charge on any atom is 0.241 e. The lowest BCUT2D eigenvalue weighted by Crippen LogP contribution is -2.37. The monoisotopic (exact) mass is 609 g/mol. The van der Waals surface area contributed by atoms with Gasteiger partial charge in [-0.1, -0.05) is 56.9 Å². The first-order valence-corrected chi connectivity index (χ1v) is 16.3. The zero-order valence-corrected chi connectivity index (χ0v) is 27.5. The maximum absolute atomic E-state index is 5.72. The number of hydrogen-bond acceptors (Lipinski definition) is 8. The number of likely N-dealkylation sites (N-methyl/N-ethyl adjacent to an activating group) is 1. The Labute approximate surface area is 266 Å². The minimum absolute atomic E-state index is 0.587. The van der Waals surface area contributed by atoms with Gasteiger partial charge in [0.2, 0.25) is 11.9 Å². The Morgan fingerprint density at radius 2 is 1.82 bits per heavy atom. The summed E-state index contributed by atoms with van der Waals surface area (Å²) in [6.45, 7) is 17.2. The van der Waals surface area contributed by atoms with E-state index < -0.39 is 0 Å². The molecule has 2 aliphatic rings. The Morgan fingerprint density at radius 3 is 2.53 bits per heavy atom. The van der Waals surface area contributed by atoms with Crippen LogP contribution < -0.4 is 9.80 Å². The molecule has 6 rings (SSSR count). The molecule has 0 N–H and O–H groups in total. The normalized spacial score (nSPS) is 17.4. The molecule has 3 aromatic heterocycles. The molecule has 10 heteroatoms. The zero-order valence-electron chi connectivity index (χ0n) is 27.5. The second-order valence-electron chi connectivity index (χ2n) is 12.6. The number of imidazole rings is 2. The average molecular weight is 610 g/mol. The van der Waals surface area contributed by atoms with Gasteiger partial charge in [0, 0.05) is 33.7 Å². The van der Waals surface area contributed by atoms with Gasteiger partial charge in [0.1, 0.15) is 5.82 Å². The summed E-state index contributed by atoms with van der Waals surface area (Å²) < 4.78 is 9.96. The minimum atomic E-state index is 0.587. The van der Waals surface area contributed by atoms with E-state index in [-0.39, 0.29) is 0 Å². The van der Waals surface area contributed by atoms with Crippen molar-refractivity contribution in [1.29, 1.82) is 0 Å². The standard InChI is InChI=1S/C35H47N9O/c1-7-9-12-26(8-2)23-40(5)35-36-28-13-10-11-14-29(28)44(35)34-38-32-31(33(39-34)43-19-21-45-22-20-43)37-30(41(32)6)24-42-17-15-27(16-18-42)25(3)4/h7-14,25,27H,2,15-24H2,1,3-6H3/b9-7-,26-12+. The number of aromatic nitrogens is 6. The van der Waals surface area contributed by atoms with Crippen molar-refractivity contribution < 1.29 is 4.74 Å². The highest BCUT2D eigenvalue weighted by atomic mass is 16.5. The van der Waals surface area contributed by atoms with Gasteiger partial charge >= 0.3 is 0 Å². The topological polar surface area (TPSA) is 80.4 Å². The number of aryl methyl sites for hydroxylation is 1. The predicted octanol–water partition coefficient (Wildman–Crippen LogP) is 5.53. The predicted molar refractivity (Wildman–Crippen MR) is 183 cm³/mol. The van der Waals surface area contributed by atoms with Crippen LogP contribution >= 0.6 is 0 Å². The van der Waals surface area contributed by atoms with E-state index in [9.17, 15) is 0 Å². The molecule has 2 saturated heterocycles. The van der Waals surface area contributed by atoms with Gasteiger partial charge in [0.05, 0.1) is 30.8 Å². The molecule has 45 heavy (non-hydrogen) atoms. The van der Waals surface area contributed by atoms with Crippen molar-refractivity contribution in [3.63, 3.8) is 0 Å². The first-order chi connectivity index (χ1) is 21.9. The minimum Gasteiger partial charge on any atom is -0.378 e. The number of ether oxygens (including phenoxy) is 1. The number of rotatable bonds is 10. The van der Waals surface area contributed by atoms with E-state index in [4.69, 9.17) is 24.7 Å². The van der Waals surface area contributed by atoms with Gasteiger partial charge in [0.25, 0.3) is 0 Å². The SMILES string of the molecule is C=C/C(=C\C=C/C)CN(C)c1nc2ccccc2n1-c1nc(N2CCOCC2)c2nc(CN3CCC(C(C)C)CC3)n(C)c2n1. The number of likely N-dealkylation sites (tertiary alicyclic amines) is 1. The van der Waals surface area contributed by atoms with Crippen molar-refractivity contribution >= 4 is 34.0 Å². The molecular weight excluding hydrogens is 562 g/mol. The third-order valence-electron chi connectivity index (χ3n) is 9.30. The van der Waals surface area contributed by atoms with Crippen LogP contribution in [0.3, 0.4) is 0 Å². The fourth-order valence-corrected chi connectivity index (χ4v) is 6.51. The van der Waals surface area contributed by atoms with Gasteiger partial charge in [-0.05, 0) is 62.4 Å². The molecule has 0 bridgehead atoms. The molecule has 0 saturated carbocycles. The molecule has 5 heterocycles. The lowest BCUT2D eigenvalue weighted by molar-refractivity contribution is 0.122. The van der Waals surface area contributed by atoms with Crippen LogP contribution in [0, 0.1) is 11.8 Å². The lowest BCUT2D eigenvalue weighted by atomic mass is 9.87. The highest BCUT2D eigenvalue weighted by Crippen LogP contribution is 2.31. The van der Waals surface area contributed by atoms with Crippen LogP contribution in [0.15, 0.2) is 60.7 Å². The van der Waals surface area contributed by atoms with Crippen LogP contribution in [0.25, 0.3) is 28.1 Å². The van der Waals surface area contributed by atoms with E-state index in [1.54, 1.807) is 0 Å². The second-order valence-corrected chi connectivity index (χ2v) is 12.6. The highest BCUT2D eigenvalue weighted by Gasteiger charge is 2.27. The smallest absolute Gasteiger partial charge is 0.241 e. The second kappa shape index (κ2) is 13.5. The Balaban J connectivity index is 1.45. The lowest BCUT2D eigenvalue weighted by Gasteiger charge is -2.33. The van der Waals surface area contributed by atoms with E-state index >= 15 is 0 Å². The molecule has 0 radical (unpaired) electrons. The number of nitrogens with zero attached hydrogens (tertiary/aromatic N) is 9. The number of anilines is 2. The van der Waals surface area contributed by atoms with Crippen LogP contribution in [0.5, 0.6) is 0 Å². The molecule has 2 fully saturated rings. The van der Waals surface area contributed by atoms with Crippen LogP contribution in [0.1, 0.15) is 39.4 Å². The molecule has 1 aromatic carbocycles. The third-order valence-corrected chi connectivity index (χ3v) is 9.30. The fraction of sp³-hybridized carbons (Fsp3) is 0.486. The van der Waals surface area contributed by atoms with E-state index in [2.05, 4.69) is 70.5 Å². The number of para-hydroxylation sites is 2. The molecule has 0 unspecified atom stereocenters. The zero-order chi connectivity index (χ0) is 31.5. The average Bonchev–Trinajstić information content (AvgIpc) is 3.61. The summed E-state index contributed by atoms with van der Waals surface area (Å²) in [4.78, 5) is 27.7. The first kappa shape index (κ1) is 31.0. The van der Waals surface area contributed by atoms with Gasteiger partial charge in [-0.15, -0.1) is 0 Å². The third kappa shape index (κ3) is 6.39. The maximum atomic E-state index is 5.72. The molecule has 10 nitrogen and oxygen atoms in total. The number of fused-ring (bicyclic) bond motifs is 2. The quantitative estimate of drug-likeness (QED) is 0.217. The number of allylic oxidation sites excluding steroid dienone is 3. The molecule has 0 spiro atoms. The largest absolute Gasteiger partial charge is 0.378 e. The number of benzene rings is 1. The molecule has 0 amide bonds. The molecule has 0 aliphatic carbocycles. The Hall–Kier alpha value is -4.02. The van der Waals surface area contributed by atoms with E-state index in [0.29, 0.717) is 25.7 Å². The van der Waals surface area contributed by atoms with E-state index in [1.165, 1.54) is 12.8 Å². The molecule has 0 atom stereocenters. The van der Waals surface area contributed by atoms with Gasteiger partial charge in [-0.25, -0.2) is 14.5 Å². The number of morpholine rings is 1. The number of piperidine rings is 1. The van der Waals surface area contributed by atoms with Crippen LogP contribution in [0.4, 0.5) is 11.8 Å². The van der Waals surface area contributed by atoms with Crippen molar-refractivity contribution in [1.82, 2.24) is 34.0 Å². The Morgan fingerprint density at radius 1 is 1.07 bits per heavy atom. The van der Waals surface area contributed by atoms with Crippen molar-refractivity contribution in [3.8, 4) is 5.95 Å². The number of hydrogen-bond donors (Lipinski definition) is 0. The summed E-state index contributed by atoms with van der Waals surface area (Å²) in [6, 6.07) is 8.18. The van der Waals surface area contributed by atoms with E-state index in [0.717, 1.165) is 89.9 Å². The molecule has 238 valence electrons. The van der Waals surface area contributed by atoms with E-state index in [1.807, 2.05) is 43.4 Å². The van der Waals surface area contributed by atoms with Crippen molar-refractivity contribution in [2.24, 2.45) is 18.9 Å². The molecular formula is C35H47N9O. The fourth-order valence-electron chi connectivity index (χ4n) is 6.51. The van der Waals surface area contributed by atoms with Crippen molar-refractivity contribution in [3.05, 3.63) is 66.5 Å². The molecule has 4 aromatic rings. The summed E-state index contributed by atoms with van der Waals surface area (Å²) in [5.41, 5.74) is 4.62. The Kier molecular flexibility index (Phi) is 9.32. The summed E-state index contributed by atoms with van der Waals surface area (Å²) in [5.74, 6) is 4.78. The van der Waals surface area contributed by atoms with Gasteiger partial charge in [-0.3, -0.25) is 4.90 Å². The van der Waals surface area contributed by atoms with Gasteiger partial charge < -0.3 is 19.1 Å². The van der Waals surface area contributed by atoms with Gasteiger partial charge in [0.15, 0.2) is 17.0 Å². The highest BCUT2D eigenvalue weighted by molar-refractivity contribution is 5.86. The first-order valence-electron chi connectivity index (χ1n) is 16.3. The van der Waals surface area contributed by atoms with Crippen LogP contribution in [-0.4, -0.2) is 87.0 Å². The Bertz CT molecular complexity index is 1700. The van der Waals surface area contributed by atoms with Crippen LogP contribution in [-0.2, 0) is 18.3 Å². The summed E-state index contributed by atoms with van der Waals surface area (Å²) in [6.07, 6.45) is 10.5. The van der Waals surface area contributed by atoms with Crippen LogP contribution in [0.2, 0.25) is 0 Å². The summed E-state index contributed by atoms with van der Waals surface area (Å²) in [5, 5.41) is 0. The molecule has 2 aliphatic heterocycles. The van der Waals surface area contributed by atoms with Crippen molar-refractivity contribution in [2.75, 3.05) is 62.8 Å². The summed E-state index contributed by atoms with van der Waals surface area (Å²) >= 11 is 0. The summed E-state index contributed by atoms with van der Waals surface area (Å²) in [7, 11) is 4.14. The van der Waals surface area contributed by atoms with Gasteiger partial charge in [-0.2, -0.15) is 9.97 Å².